The third-order valence-corrected chi connectivity index (χ3v) is 4.28. The van der Waals surface area contributed by atoms with Crippen molar-refractivity contribution < 1.29 is 19.4 Å². The van der Waals surface area contributed by atoms with Gasteiger partial charge in [-0.3, -0.25) is 9.59 Å². The van der Waals surface area contributed by atoms with Crippen LogP contribution < -0.4 is 5.32 Å². The van der Waals surface area contributed by atoms with Gasteiger partial charge in [-0.2, -0.15) is 5.26 Å². The van der Waals surface area contributed by atoms with Crippen LogP contribution in [0.4, 0.5) is 5.69 Å². The van der Waals surface area contributed by atoms with Crippen LogP contribution in [0.1, 0.15) is 25.3 Å². The van der Waals surface area contributed by atoms with Gasteiger partial charge in [0.2, 0.25) is 0 Å². The predicted octanol–water partition coefficient (Wildman–Crippen LogP) is 2.32. The molecule has 1 fully saturated rings. The Morgan fingerprint density at radius 1 is 1.42 bits per heavy atom. The van der Waals surface area contributed by atoms with Crippen LogP contribution in [0.15, 0.2) is 30.0 Å². The summed E-state index contributed by atoms with van der Waals surface area (Å²) >= 11 is 0. The third-order valence-electron chi connectivity index (χ3n) is 4.28. The average Bonchev–Trinajstić information content (AvgIpc) is 2.62. The fourth-order valence-corrected chi connectivity index (χ4v) is 2.82. The molecule has 0 aromatic heterocycles. The number of nitrogens with one attached hydrogen (secondary N) is 1. The van der Waals surface area contributed by atoms with Gasteiger partial charge in [-0.25, -0.2) is 0 Å². The van der Waals surface area contributed by atoms with E-state index in [9.17, 15) is 20.0 Å². The fourth-order valence-electron chi connectivity index (χ4n) is 2.82. The minimum absolute atomic E-state index is 0.00735. The van der Waals surface area contributed by atoms with E-state index in [0.717, 1.165) is 0 Å². The van der Waals surface area contributed by atoms with Crippen molar-refractivity contribution >= 4 is 17.6 Å². The Labute approximate surface area is 152 Å². The predicted molar refractivity (Wildman–Crippen MR) is 96.1 cm³/mol. The summed E-state index contributed by atoms with van der Waals surface area (Å²) in [5, 5.41) is 21.4. The summed E-state index contributed by atoms with van der Waals surface area (Å²) in [5.41, 5.74) is 1.23. The topological polar surface area (TPSA) is 103 Å². The summed E-state index contributed by atoms with van der Waals surface area (Å²) in [4.78, 5) is 26.0. The molecular formula is C19H23N3O4. The lowest BCUT2D eigenvalue weighted by atomic mass is 9.97. The Hall–Kier alpha value is -3.01. The van der Waals surface area contributed by atoms with Gasteiger partial charge in [0.1, 0.15) is 17.4 Å². The number of amides is 1. The summed E-state index contributed by atoms with van der Waals surface area (Å²) in [6, 6.07) is 6.51. The number of phenols is 1. The molecule has 0 saturated carbocycles. The molecule has 0 spiro atoms. The average molecular weight is 357 g/mol. The second-order valence-corrected chi connectivity index (χ2v) is 6.17. The first-order chi connectivity index (χ1) is 12.4. The first-order valence-electron chi connectivity index (χ1n) is 8.58. The van der Waals surface area contributed by atoms with Gasteiger partial charge in [0.05, 0.1) is 12.5 Å². The highest BCUT2D eigenvalue weighted by molar-refractivity contribution is 6.06. The second kappa shape index (κ2) is 8.90. The Balaban J connectivity index is 1.98. The maximum absolute atomic E-state index is 12.3. The highest BCUT2D eigenvalue weighted by Crippen LogP contribution is 2.22. The summed E-state index contributed by atoms with van der Waals surface area (Å²) in [6.07, 6.45) is 2.80. The molecule has 2 rings (SSSR count). The Kier molecular flexibility index (Phi) is 6.61. The number of nitrogens with zero attached hydrogens (tertiary/aromatic N) is 2. The molecule has 2 N–H and O–H groups in total. The van der Waals surface area contributed by atoms with Crippen LogP contribution in [0.25, 0.3) is 0 Å². The number of anilines is 1. The summed E-state index contributed by atoms with van der Waals surface area (Å²) in [6.45, 7) is 5.07. The zero-order valence-electron chi connectivity index (χ0n) is 15.0. The molecule has 0 aliphatic carbocycles. The first kappa shape index (κ1) is 19.3. The molecule has 26 heavy (non-hydrogen) atoms. The molecule has 0 bridgehead atoms. The lowest BCUT2D eigenvalue weighted by molar-refractivity contribution is -0.149. The van der Waals surface area contributed by atoms with Crippen LogP contribution in [-0.4, -0.2) is 41.6 Å². The van der Waals surface area contributed by atoms with Gasteiger partial charge in [0.25, 0.3) is 5.91 Å². The van der Waals surface area contributed by atoms with Crippen molar-refractivity contribution in [1.29, 1.82) is 5.26 Å². The number of nitriles is 1. The number of likely N-dealkylation sites (tertiary alicyclic amines) is 1. The first-order valence-corrected chi connectivity index (χ1v) is 8.58. The minimum Gasteiger partial charge on any atom is -0.508 e. The Morgan fingerprint density at radius 3 is 2.69 bits per heavy atom. The number of hydrogen-bond donors (Lipinski definition) is 2. The van der Waals surface area contributed by atoms with E-state index in [1.807, 2.05) is 11.0 Å². The van der Waals surface area contributed by atoms with E-state index in [-0.39, 0.29) is 23.2 Å². The molecule has 138 valence electrons. The number of aryl methyl sites for hydroxylation is 1. The van der Waals surface area contributed by atoms with Crippen molar-refractivity contribution in [2.75, 3.05) is 25.0 Å². The standard InChI is InChI=1S/C19H23N3O4/c1-3-26-19(25)14-6-8-22(9-7-14)12-15(11-20)18(24)21-17-5-4-16(23)10-13(17)2/h4-5,10,12,14,23H,3,6-9H2,1-2H3,(H,21,24)/b15-12-. The molecule has 1 heterocycles. The van der Waals surface area contributed by atoms with Gasteiger partial charge < -0.3 is 20.1 Å². The summed E-state index contributed by atoms with van der Waals surface area (Å²) < 4.78 is 5.04. The SMILES string of the molecule is CCOC(=O)C1CCN(/C=C(/C#N)C(=O)Nc2ccc(O)cc2C)CC1. The maximum Gasteiger partial charge on any atom is 0.309 e. The molecule has 1 aromatic carbocycles. The molecule has 0 radical (unpaired) electrons. The number of carbonyl (C=O) groups is 2. The van der Waals surface area contributed by atoms with Gasteiger partial charge >= 0.3 is 5.97 Å². The molecule has 0 atom stereocenters. The molecule has 1 amide bonds. The molecule has 1 aliphatic heterocycles. The van der Waals surface area contributed by atoms with E-state index in [0.29, 0.717) is 43.8 Å². The lowest BCUT2D eigenvalue weighted by Gasteiger charge is -2.30. The Bertz CT molecular complexity index is 744. The Morgan fingerprint density at radius 2 is 2.12 bits per heavy atom. The van der Waals surface area contributed by atoms with E-state index in [1.165, 1.54) is 18.3 Å². The molecular weight excluding hydrogens is 334 g/mol. The molecule has 7 nitrogen and oxygen atoms in total. The molecule has 7 heteroatoms. The van der Waals surface area contributed by atoms with Gasteiger partial charge in [0, 0.05) is 25.0 Å². The number of aromatic hydroxyl groups is 1. The van der Waals surface area contributed by atoms with Crippen molar-refractivity contribution in [3.05, 3.63) is 35.5 Å². The van der Waals surface area contributed by atoms with Crippen molar-refractivity contribution in [3.63, 3.8) is 0 Å². The minimum atomic E-state index is -0.506. The third kappa shape index (κ3) is 4.99. The number of phenolic OH excluding ortho intramolecular Hbond substituents is 1. The van der Waals surface area contributed by atoms with Crippen molar-refractivity contribution in [3.8, 4) is 11.8 Å². The number of hydrogen-bond acceptors (Lipinski definition) is 6. The molecule has 1 saturated heterocycles. The number of rotatable bonds is 5. The van der Waals surface area contributed by atoms with E-state index >= 15 is 0 Å². The number of benzene rings is 1. The van der Waals surface area contributed by atoms with E-state index in [4.69, 9.17) is 4.74 Å². The van der Waals surface area contributed by atoms with Crippen LogP contribution in [0, 0.1) is 24.2 Å². The lowest BCUT2D eigenvalue weighted by Crippen LogP contribution is -2.34. The van der Waals surface area contributed by atoms with Gasteiger partial charge in [0.15, 0.2) is 0 Å². The quantitative estimate of drug-likeness (QED) is 0.363. The zero-order valence-corrected chi connectivity index (χ0v) is 15.0. The highest BCUT2D eigenvalue weighted by Gasteiger charge is 2.25. The number of piperidine rings is 1. The molecule has 1 aliphatic rings. The van der Waals surface area contributed by atoms with Crippen molar-refractivity contribution in [2.45, 2.75) is 26.7 Å². The monoisotopic (exact) mass is 357 g/mol. The van der Waals surface area contributed by atoms with Crippen molar-refractivity contribution in [2.24, 2.45) is 5.92 Å². The van der Waals surface area contributed by atoms with Crippen LogP contribution >= 0.6 is 0 Å². The fraction of sp³-hybridized carbons (Fsp3) is 0.421. The van der Waals surface area contributed by atoms with Crippen LogP contribution in [0.5, 0.6) is 5.75 Å². The highest BCUT2D eigenvalue weighted by atomic mass is 16.5. The van der Waals surface area contributed by atoms with Gasteiger partial charge in [-0.15, -0.1) is 0 Å². The normalized spacial score (nSPS) is 15.3. The molecule has 0 unspecified atom stereocenters. The smallest absolute Gasteiger partial charge is 0.309 e. The number of esters is 1. The van der Waals surface area contributed by atoms with Crippen LogP contribution in [0.3, 0.4) is 0 Å². The van der Waals surface area contributed by atoms with E-state index in [1.54, 1.807) is 19.9 Å². The molecule has 1 aromatic rings. The van der Waals surface area contributed by atoms with Gasteiger partial charge in [-0.1, -0.05) is 0 Å². The van der Waals surface area contributed by atoms with Crippen LogP contribution in [0.2, 0.25) is 0 Å². The number of ether oxygens (including phenoxy) is 1. The van der Waals surface area contributed by atoms with Gasteiger partial charge in [-0.05, 0) is 50.5 Å². The largest absolute Gasteiger partial charge is 0.508 e. The van der Waals surface area contributed by atoms with Crippen LogP contribution in [-0.2, 0) is 14.3 Å². The number of carbonyl (C=O) groups excluding carboxylic acids is 2. The second-order valence-electron chi connectivity index (χ2n) is 6.17. The van der Waals surface area contributed by atoms with Crippen molar-refractivity contribution in [1.82, 2.24) is 4.90 Å². The van der Waals surface area contributed by atoms with E-state index < -0.39 is 5.91 Å². The zero-order chi connectivity index (χ0) is 19.1. The maximum atomic E-state index is 12.3. The summed E-state index contributed by atoms with van der Waals surface area (Å²) in [5.74, 6) is -0.703. The van der Waals surface area contributed by atoms with E-state index in [2.05, 4.69) is 5.32 Å². The summed E-state index contributed by atoms with van der Waals surface area (Å²) in [7, 11) is 0.